The third kappa shape index (κ3) is 5.66. The van der Waals surface area contributed by atoms with Crippen LogP contribution < -0.4 is 10.6 Å². The zero-order valence-corrected chi connectivity index (χ0v) is 18.7. The Morgan fingerprint density at radius 3 is 2.81 bits per heavy atom. The number of nitrogens with zero attached hydrogens (tertiary/aromatic N) is 5. The Bertz CT molecular complexity index is 1170. The molecular formula is C18H16ClN7O3S2. The summed E-state index contributed by atoms with van der Waals surface area (Å²) >= 11 is 8.20. The fraction of sp³-hybridized carbons (Fsp3) is 0.222. The van der Waals surface area contributed by atoms with Crippen LogP contribution in [0, 0.1) is 18.3 Å². The van der Waals surface area contributed by atoms with Gasteiger partial charge in [0.25, 0.3) is 5.91 Å². The molecular weight excluding hydrogens is 462 g/mol. The van der Waals surface area contributed by atoms with E-state index >= 15 is 0 Å². The monoisotopic (exact) mass is 477 g/mol. The van der Waals surface area contributed by atoms with Gasteiger partial charge in [-0.2, -0.15) is 9.64 Å². The summed E-state index contributed by atoms with van der Waals surface area (Å²) in [5.74, 6) is -0.669. The molecule has 10 nitrogen and oxygen atoms in total. The van der Waals surface area contributed by atoms with Crippen molar-refractivity contribution in [2.45, 2.75) is 20.0 Å². The highest BCUT2D eigenvalue weighted by atomic mass is 35.5. The number of nitriles is 1. The molecule has 0 aliphatic heterocycles. The lowest BCUT2D eigenvalue weighted by molar-refractivity contribution is 0.0781. The maximum absolute atomic E-state index is 12.7. The van der Waals surface area contributed by atoms with Gasteiger partial charge in [-0.25, -0.2) is 14.8 Å². The molecule has 0 aromatic carbocycles. The van der Waals surface area contributed by atoms with E-state index in [9.17, 15) is 20.0 Å². The summed E-state index contributed by atoms with van der Waals surface area (Å²) in [6, 6.07) is 6.36. The van der Waals surface area contributed by atoms with E-state index in [0.29, 0.717) is 22.4 Å². The molecule has 13 heteroatoms. The van der Waals surface area contributed by atoms with Crippen LogP contribution in [0.2, 0.25) is 4.34 Å². The molecule has 3 amide bonds. The van der Waals surface area contributed by atoms with Crippen molar-refractivity contribution in [3.63, 3.8) is 0 Å². The zero-order valence-electron chi connectivity index (χ0n) is 16.3. The van der Waals surface area contributed by atoms with E-state index < -0.39 is 17.8 Å². The van der Waals surface area contributed by atoms with Crippen molar-refractivity contribution in [2.24, 2.45) is 0 Å². The van der Waals surface area contributed by atoms with Crippen molar-refractivity contribution in [3.8, 4) is 11.9 Å². The lowest BCUT2D eigenvalue weighted by atomic mass is 10.1. The first kappa shape index (κ1) is 22.4. The summed E-state index contributed by atoms with van der Waals surface area (Å²) in [5.41, 5.74) is 0.249. The average molecular weight is 478 g/mol. The molecule has 0 aliphatic rings. The first-order valence-electron chi connectivity index (χ1n) is 8.74. The Morgan fingerprint density at radius 1 is 1.35 bits per heavy atom. The molecule has 3 rings (SSSR count). The minimum absolute atomic E-state index is 0.0386. The highest BCUT2D eigenvalue weighted by molar-refractivity contribution is 7.16. The van der Waals surface area contributed by atoms with Crippen molar-refractivity contribution in [1.29, 1.82) is 5.26 Å². The van der Waals surface area contributed by atoms with Crippen LogP contribution in [0.1, 0.15) is 32.3 Å². The highest BCUT2D eigenvalue weighted by Gasteiger charge is 2.21. The van der Waals surface area contributed by atoms with Gasteiger partial charge in [0, 0.05) is 29.2 Å². The first-order valence-corrected chi connectivity index (χ1v) is 10.7. The topological polar surface area (TPSA) is 144 Å². The van der Waals surface area contributed by atoms with E-state index in [1.807, 2.05) is 6.07 Å². The van der Waals surface area contributed by atoms with Crippen LogP contribution >= 0.6 is 34.5 Å². The zero-order chi connectivity index (χ0) is 22.5. The Hall–Kier alpha value is -3.27. The summed E-state index contributed by atoms with van der Waals surface area (Å²) < 4.78 is 4.78. The molecule has 3 aromatic heterocycles. The lowest BCUT2D eigenvalue weighted by Gasteiger charge is -2.16. The number of rotatable bonds is 6. The molecule has 0 fully saturated rings. The molecule has 31 heavy (non-hydrogen) atoms. The summed E-state index contributed by atoms with van der Waals surface area (Å²) in [7, 11) is 1.52. The molecule has 3 aromatic rings. The number of amides is 3. The van der Waals surface area contributed by atoms with Crippen molar-refractivity contribution < 1.29 is 14.7 Å². The molecule has 0 radical (unpaired) electrons. The van der Waals surface area contributed by atoms with E-state index in [-0.39, 0.29) is 22.8 Å². The molecule has 0 atom stereocenters. The lowest BCUT2D eigenvalue weighted by Crippen LogP contribution is -2.28. The van der Waals surface area contributed by atoms with Crippen LogP contribution in [0.15, 0.2) is 18.2 Å². The Kier molecular flexibility index (Phi) is 7.01. The second kappa shape index (κ2) is 9.69. The molecule has 0 spiro atoms. The average Bonchev–Trinajstić information content (AvgIpc) is 3.33. The summed E-state index contributed by atoms with van der Waals surface area (Å²) in [6.07, 6.45) is 0. The van der Waals surface area contributed by atoms with Gasteiger partial charge in [0.15, 0.2) is 5.82 Å². The van der Waals surface area contributed by atoms with E-state index in [2.05, 4.69) is 25.0 Å². The number of hydrogen-bond acceptors (Lipinski definition) is 9. The van der Waals surface area contributed by atoms with Gasteiger partial charge in [-0.15, -0.1) is 11.3 Å². The third-order valence-electron chi connectivity index (χ3n) is 3.94. The highest BCUT2D eigenvalue weighted by Crippen LogP contribution is 2.22. The number of thiophene rings is 1. The quantitative estimate of drug-likeness (QED) is 0.494. The molecule has 0 unspecified atom stereocenters. The van der Waals surface area contributed by atoms with E-state index in [4.69, 9.17) is 11.6 Å². The number of halogens is 1. The van der Waals surface area contributed by atoms with Gasteiger partial charge in [-0.1, -0.05) is 11.6 Å². The van der Waals surface area contributed by atoms with Crippen LogP contribution in [0.4, 0.5) is 9.93 Å². The van der Waals surface area contributed by atoms with Gasteiger partial charge in [0.2, 0.25) is 11.0 Å². The number of hydrogen-bond donors (Lipinski definition) is 3. The Labute approximate surface area is 190 Å². The summed E-state index contributed by atoms with van der Waals surface area (Å²) in [4.78, 5) is 35.0. The predicted octanol–water partition coefficient (Wildman–Crippen LogP) is 3.13. The van der Waals surface area contributed by atoms with Crippen molar-refractivity contribution in [1.82, 2.24) is 24.6 Å². The largest absolute Gasteiger partial charge is 0.492 e. The van der Waals surface area contributed by atoms with Gasteiger partial charge >= 0.3 is 6.03 Å². The Morgan fingerprint density at radius 2 is 2.13 bits per heavy atom. The van der Waals surface area contributed by atoms with Gasteiger partial charge in [0.05, 0.1) is 23.0 Å². The van der Waals surface area contributed by atoms with Crippen LogP contribution in [0.25, 0.3) is 0 Å². The number of urea groups is 1. The van der Waals surface area contributed by atoms with Crippen LogP contribution in [0.3, 0.4) is 0 Å². The SMILES string of the molecule is Cc1cc(C(=O)N(C)Cc2nsc(NC(=O)NCc3ccc(Cl)s3)n2)c(C#N)c(O)n1. The normalized spacial score (nSPS) is 10.4. The molecule has 160 valence electrons. The van der Waals surface area contributed by atoms with Gasteiger partial charge in [0.1, 0.15) is 11.6 Å². The van der Waals surface area contributed by atoms with Gasteiger partial charge in [-0.3, -0.25) is 10.1 Å². The van der Waals surface area contributed by atoms with E-state index in [1.165, 1.54) is 29.4 Å². The fourth-order valence-electron chi connectivity index (χ4n) is 2.55. The molecule has 3 heterocycles. The number of nitrogens with one attached hydrogen (secondary N) is 2. The number of carbonyl (C=O) groups is 2. The van der Waals surface area contributed by atoms with Crippen molar-refractivity contribution >= 4 is 51.5 Å². The smallest absolute Gasteiger partial charge is 0.321 e. The van der Waals surface area contributed by atoms with Crippen LogP contribution in [-0.2, 0) is 13.1 Å². The minimum Gasteiger partial charge on any atom is -0.492 e. The summed E-state index contributed by atoms with van der Waals surface area (Å²) in [5, 5.41) is 24.6. The van der Waals surface area contributed by atoms with Crippen molar-refractivity contribution in [2.75, 3.05) is 12.4 Å². The third-order valence-corrected chi connectivity index (χ3v) is 5.84. The van der Waals surface area contributed by atoms with E-state index in [1.54, 1.807) is 19.1 Å². The number of carbonyl (C=O) groups excluding carboxylic acids is 2. The predicted molar refractivity (Wildman–Crippen MR) is 116 cm³/mol. The van der Waals surface area contributed by atoms with Gasteiger partial charge < -0.3 is 15.3 Å². The molecule has 0 aliphatic carbocycles. The molecule has 0 saturated heterocycles. The van der Waals surface area contributed by atoms with Gasteiger partial charge in [-0.05, 0) is 25.1 Å². The maximum Gasteiger partial charge on any atom is 0.321 e. The van der Waals surface area contributed by atoms with Crippen molar-refractivity contribution in [3.05, 3.63) is 50.1 Å². The molecule has 3 N–H and O–H groups in total. The standard InChI is InChI=1S/C18H16ClN7O3S2/c1-9-5-11(12(6-20)15(27)22-9)16(28)26(2)8-14-23-18(31-25-14)24-17(29)21-7-10-3-4-13(19)30-10/h3-5H,7-8H2,1-2H3,(H,22,27)(H2,21,23,24,25,29). The minimum atomic E-state index is -0.492. The van der Waals surface area contributed by atoms with Crippen LogP contribution in [0.5, 0.6) is 5.88 Å². The number of anilines is 1. The van der Waals surface area contributed by atoms with E-state index in [0.717, 1.165) is 16.4 Å². The summed E-state index contributed by atoms with van der Waals surface area (Å²) in [6.45, 7) is 1.97. The second-order valence-electron chi connectivity index (χ2n) is 6.31. The maximum atomic E-state index is 12.7. The first-order chi connectivity index (χ1) is 14.8. The molecule has 0 saturated carbocycles. The number of aryl methyl sites for hydroxylation is 1. The number of pyridine rings is 1. The fourth-order valence-corrected chi connectivity index (χ4v) is 4.15. The molecule has 0 bridgehead atoms. The Balaban J connectivity index is 1.59. The second-order valence-corrected chi connectivity index (χ2v) is 8.86. The van der Waals surface area contributed by atoms with Crippen LogP contribution in [-0.4, -0.2) is 43.3 Å². The number of aromatic hydroxyl groups is 1. The number of aromatic nitrogens is 3.